The number of hydrogen-bond acceptors (Lipinski definition) is 13. The smallest absolute Gasteiger partial charge is 0.252 e. The summed E-state index contributed by atoms with van der Waals surface area (Å²) in [5.74, 6) is 2.04. The Morgan fingerprint density at radius 3 is 2.64 bits per heavy atom. The quantitative estimate of drug-likeness (QED) is 0.0632. The average molecular weight is 908 g/mol. The summed E-state index contributed by atoms with van der Waals surface area (Å²) in [5, 5.41) is 25.5. The highest BCUT2D eigenvalue weighted by molar-refractivity contribution is 6.06. The molecular formula is C50H61N13O4. The molecule has 1 saturated heterocycles. The van der Waals surface area contributed by atoms with E-state index in [-0.39, 0.29) is 30.3 Å². The fourth-order valence-electron chi connectivity index (χ4n) is 8.72. The minimum atomic E-state index is -0.447. The molecule has 350 valence electrons. The number of aliphatic hydroxyl groups is 1. The van der Waals surface area contributed by atoms with Crippen LogP contribution in [0, 0.1) is 0 Å². The maximum Gasteiger partial charge on any atom is 0.252 e. The zero-order valence-electron chi connectivity index (χ0n) is 39.3. The Morgan fingerprint density at radius 2 is 1.85 bits per heavy atom. The van der Waals surface area contributed by atoms with E-state index in [0.717, 1.165) is 95.0 Å². The highest BCUT2D eigenvalue weighted by Crippen LogP contribution is 2.39. The van der Waals surface area contributed by atoms with Gasteiger partial charge in [0.25, 0.3) is 11.5 Å². The summed E-state index contributed by atoms with van der Waals surface area (Å²) in [5.41, 5.74) is 7.16. The number of aliphatic hydroxyl groups excluding tert-OH is 1. The number of benzene rings is 2. The Labute approximate surface area is 390 Å². The van der Waals surface area contributed by atoms with Crippen molar-refractivity contribution >= 4 is 57.1 Å². The largest absolute Gasteiger partial charge is 0.494 e. The molecule has 0 bridgehead atoms. The van der Waals surface area contributed by atoms with Crippen molar-refractivity contribution in [2.45, 2.75) is 58.2 Å². The number of hydrogen-bond donors (Lipinski definition) is 4. The predicted octanol–water partition coefficient (Wildman–Crippen LogP) is 6.70. The second-order valence-corrected chi connectivity index (χ2v) is 17.4. The number of ether oxygens (including phenoxy) is 1. The topological polar surface area (TPSA) is 175 Å². The van der Waals surface area contributed by atoms with Gasteiger partial charge in [-0.25, -0.2) is 15.0 Å². The average Bonchev–Trinajstić information content (AvgIpc) is 3.91. The molecule has 6 heterocycles. The first-order valence-corrected chi connectivity index (χ1v) is 22.8. The number of methoxy groups -OCH3 is 1. The number of piperidine rings is 1. The summed E-state index contributed by atoms with van der Waals surface area (Å²) < 4.78 is 11.3. The van der Waals surface area contributed by atoms with Crippen molar-refractivity contribution in [2.75, 3.05) is 80.2 Å². The molecule has 1 aliphatic heterocycles. The minimum absolute atomic E-state index is 0.0375. The van der Waals surface area contributed by atoms with E-state index in [1.807, 2.05) is 69.2 Å². The Hall–Kier alpha value is -7.24. The molecule has 7 aromatic rings. The SMILES string of the molecule is C=C(Cn1cc(CNc2cc(N3CCCC[C@H]3CCO)nc3c(CC)cnn23)ccc1=O)C(=O)Nc1cc(Nc2nccc(-c3cn(C)c4ccccc34)n2)c(OC)cc1N(C)CCN(C)C. The number of rotatable bonds is 19. The lowest BCUT2D eigenvalue weighted by Gasteiger charge is -2.36. The molecule has 0 saturated carbocycles. The third-order valence-corrected chi connectivity index (χ3v) is 12.4. The lowest BCUT2D eigenvalue weighted by molar-refractivity contribution is -0.113. The van der Waals surface area contributed by atoms with Gasteiger partial charge < -0.3 is 49.6 Å². The number of aryl methyl sites for hydroxylation is 2. The molecule has 8 rings (SSSR count). The van der Waals surface area contributed by atoms with Gasteiger partial charge in [-0.3, -0.25) is 9.59 Å². The van der Waals surface area contributed by atoms with E-state index in [4.69, 9.17) is 14.7 Å². The zero-order valence-corrected chi connectivity index (χ0v) is 39.3. The number of nitrogens with zero attached hydrogens (tertiary/aromatic N) is 10. The Bertz CT molecular complexity index is 2950. The maximum atomic E-state index is 14.1. The van der Waals surface area contributed by atoms with Crippen molar-refractivity contribution < 1.29 is 14.6 Å². The number of carbonyl (C=O) groups is 1. The molecular weight excluding hydrogens is 847 g/mol. The summed E-state index contributed by atoms with van der Waals surface area (Å²) >= 11 is 0. The summed E-state index contributed by atoms with van der Waals surface area (Å²) in [6, 6.07) is 19.2. The van der Waals surface area contributed by atoms with Crippen LogP contribution >= 0.6 is 0 Å². The first-order chi connectivity index (χ1) is 32.4. The zero-order chi connectivity index (χ0) is 47.2. The molecule has 0 radical (unpaired) electrons. The standard InChI is InChI=1S/C50H61N13O4/c1-8-35-29-53-63-45(27-46(57-48(35)63)62-21-12-11-13-36(62)19-24-64)52-28-34-16-17-47(65)61(31-34)30-33(2)49(66)54-40-25-41(44(67-7)26-43(40)59(5)23-22-58(3)4)56-50-51-20-18-39(55-50)38-32-60(6)42-15-10-9-14-37(38)42/h9-10,14-18,20,25-27,29,31-32,36,52,64H,2,8,11-13,19,21-24,28,30H2,1,3-7H3,(H,54,66)(H,51,55,56)/t36-/m0/s1. The highest BCUT2D eigenvalue weighted by atomic mass is 16.5. The molecule has 1 aliphatic rings. The molecule has 4 N–H and O–H groups in total. The van der Waals surface area contributed by atoms with E-state index < -0.39 is 5.91 Å². The lowest BCUT2D eigenvalue weighted by Crippen LogP contribution is -2.40. The number of aromatic nitrogens is 7. The van der Waals surface area contributed by atoms with Gasteiger partial charge in [0.2, 0.25) is 5.95 Å². The number of nitrogens with one attached hydrogen (secondary N) is 3. The number of likely N-dealkylation sites (N-methyl/N-ethyl adjacent to an activating group) is 2. The van der Waals surface area contributed by atoms with Crippen LogP contribution in [0.3, 0.4) is 0 Å². The third kappa shape index (κ3) is 10.3. The van der Waals surface area contributed by atoms with Crippen molar-refractivity contribution in [3.63, 3.8) is 0 Å². The van der Waals surface area contributed by atoms with Gasteiger partial charge in [-0.2, -0.15) is 9.61 Å². The fourth-order valence-corrected chi connectivity index (χ4v) is 8.72. The number of carbonyl (C=O) groups excluding carboxylic acids is 1. The number of anilines is 6. The van der Waals surface area contributed by atoms with Gasteiger partial charge in [-0.05, 0) is 70.0 Å². The van der Waals surface area contributed by atoms with Gasteiger partial charge in [0.05, 0.1) is 42.6 Å². The molecule has 67 heavy (non-hydrogen) atoms. The Balaban J connectivity index is 1.02. The van der Waals surface area contributed by atoms with Crippen LogP contribution in [-0.2, 0) is 31.4 Å². The first-order valence-electron chi connectivity index (χ1n) is 22.8. The van der Waals surface area contributed by atoms with Crippen molar-refractivity contribution in [3.05, 3.63) is 119 Å². The van der Waals surface area contributed by atoms with Gasteiger partial charge in [-0.15, -0.1) is 0 Å². The van der Waals surface area contributed by atoms with Crippen LogP contribution in [-0.4, -0.2) is 110 Å². The maximum absolute atomic E-state index is 14.1. The Morgan fingerprint density at radius 1 is 1.01 bits per heavy atom. The number of pyridine rings is 1. The number of para-hydroxylation sites is 1. The van der Waals surface area contributed by atoms with Crippen LogP contribution in [0.4, 0.5) is 34.6 Å². The predicted molar refractivity (Wildman–Crippen MR) is 267 cm³/mol. The summed E-state index contributed by atoms with van der Waals surface area (Å²) in [7, 11) is 9.58. The van der Waals surface area contributed by atoms with Gasteiger partial charge in [0.1, 0.15) is 17.4 Å². The molecule has 17 heteroatoms. The van der Waals surface area contributed by atoms with E-state index in [9.17, 15) is 14.7 Å². The monoisotopic (exact) mass is 907 g/mol. The number of fused-ring (bicyclic) bond motifs is 2. The van der Waals surface area contributed by atoms with E-state index in [1.54, 1.807) is 31.6 Å². The van der Waals surface area contributed by atoms with Crippen LogP contribution in [0.2, 0.25) is 0 Å². The molecule has 0 aliphatic carbocycles. The van der Waals surface area contributed by atoms with E-state index in [2.05, 4.69) is 77.1 Å². The van der Waals surface area contributed by atoms with Crippen LogP contribution in [0.1, 0.15) is 43.7 Å². The third-order valence-electron chi connectivity index (χ3n) is 12.4. The lowest BCUT2D eigenvalue weighted by atomic mass is 9.99. The van der Waals surface area contributed by atoms with E-state index in [0.29, 0.717) is 42.6 Å². The van der Waals surface area contributed by atoms with Crippen LogP contribution in [0.25, 0.3) is 27.8 Å². The van der Waals surface area contributed by atoms with Gasteiger partial charge in [-0.1, -0.05) is 37.8 Å². The molecule has 17 nitrogen and oxygen atoms in total. The second-order valence-electron chi connectivity index (χ2n) is 17.4. The van der Waals surface area contributed by atoms with Crippen molar-refractivity contribution in [2.24, 2.45) is 7.05 Å². The summed E-state index contributed by atoms with van der Waals surface area (Å²) in [6.07, 6.45) is 12.0. The molecule has 1 fully saturated rings. The normalized spacial score (nSPS) is 13.9. The van der Waals surface area contributed by atoms with Crippen LogP contribution < -0.4 is 36.0 Å². The van der Waals surface area contributed by atoms with E-state index >= 15 is 0 Å². The minimum Gasteiger partial charge on any atom is -0.494 e. The molecule has 1 amide bonds. The molecule has 1 atom stereocenters. The van der Waals surface area contributed by atoms with Crippen LogP contribution in [0.15, 0.2) is 102 Å². The van der Waals surface area contributed by atoms with Gasteiger partial charge in [0.15, 0.2) is 5.65 Å². The Kier molecular flexibility index (Phi) is 14.2. The fraction of sp³-hybridized carbons (Fsp3) is 0.360. The molecule has 0 spiro atoms. The van der Waals surface area contributed by atoms with Crippen molar-refractivity contribution in [1.82, 2.24) is 38.6 Å². The molecule has 2 aromatic carbocycles. The number of amides is 1. The van der Waals surface area contributed by atoms with Crippen molar-refractivity contribution in [1.29, 1.82) is 0 Å². The van der Waals surface area contributed by atoms with Crippen molar-refractivity contribution in [3.8, 4) is 17.0 Å². The molecule has 0 unspecified atom stereocenters. The van der Waals surface area contributed by atoms with Gasteiger partial charge >= 0.3 is 0 Å². The first kappa shape index (κ1) is 46.3. The summed E-state index contributed by atoms with van der Waals surface area (Å²) in [6.45, 7) is 8.98. The van der Waals surface area contributed by atoms with E-state index in [1.165, 1.54) is 10.6 Å². The molecule has 5 aromatic heterocycles. The second kappa shape index (κ2) is 20.5. The van der Waals surface area contributed by atoms with Crippen LogP contribution in [0.5, 0.6) is 5.75 Å². The highest BCUT2D eigenvalue weighted by Gasteiger charge is 2.25. The summed E-state index contributed by atoms with van der Waals surface area (Å²) in [4.78, 5) is 48.3. The van der Waals surface area contributed by atoms with Gasteiger partial charge in [0, 0.05) is 117 Å².